The van der Waals surface area contributed by atoms with Gasteiger partial charge in [-0.05, 0) is 18.9 Å². The monoisotopic (exact) mass is 337 g/mol. The fourth-order valence-electron chi connectivity index (χ4n) is 2.91. The van der Waals surface area contributed by atoms with Crippen LogP contribution in [-0.2, 0) is 14.3 Å². The first kappa shape index (κ1) is 20.6. The zero-order chi connectivity index (χ0) is 17.9. The normalized spacial score (nSPS) is 28.8. The minimum atomic E-state index is -0.885. The molecule has 0 aliphatic carbocycles. The second-order valence-corrected chi connectivity index (χ2v) is 6.24. The van der Waals surface area contributed by atoms with Gasteiger partial charge in [-0.25, -0.2) is 0 Å². The number of nitrogens with one attached hydrogen (secondary N) is 1. The van der Waals surface area contributed by atoms with Gasteiger partial charge in [-0.15, -0.1) is 0 Å². The summed E-state index contributed by atoms with van der Waals surface area (Å²) in [7, 11) is 1.66. The quantitative estimate of drug-likeness (QED) is 0.633. The van der Waals surface area contributed by atoms with Crippen LogP contribution < -0.4 is 5.32 Å². The fraction of sp³-hybridized carbons (Fsp3) is 0.632. The molecule has 1 rings (SSSR count). The minimum Gasteiger partial charge on any atom is -0.480 e. The van der Waals surface area contributed by atoms with E-state index in [9.17, 15) is 4.79 Å². The Kier molecular flexibility index (Phi) is 9.60. The molecule has 5 heteroatoms. The molecule has 1 fully saturated rings. The molecule has 0 aromatic heterocycles. The van der Waals surface area contributed by atoms with Gasteiger partial charge in [-0.3, -0.25) is 10.1 Å². The first-order valence-corrected chi connectivity index (χ1v) is 8.60. The Morgan fingerprint density at radius 3 is 2.75 bits per heavy atom. The van der Waals surface area contributed by atoms with Crippen molar-refractivity contribution in [2.24, 2.45) is 5.92 Å². The second-order valence-electron chi connectivity index (χ2n) is 6.24. The first-order valence-electron chi connectivity index (χ1n) is 8.60. The van der Waals surface area contributed by atoms with E-state index in [-0.39, 0.29) is 30.7 Å². The molecule has 0 spiro atoms. The number of methoxy groups -OCH3 is 1. The van der Waals surface area contributed by atoms with Crippen LogP contribution in [0.15, 0.2) is 36.0 Å². The molecule has 0 aromatic rings. The van der Waals surface area contributed by atoms with Crippen molar-refractivity contribution < 1.29 is 19.4 Å². The van der Waals surface area contributed by atoms with Gasteiger partial charge in [0, 0.05) is 13.0 Å². The summed E-state index contributed by atoms with van der Waals surface area (Å²) in [5.41, 5.74) is 1.05. The maximum atomic E-state index is 10.9. The van der Waals surface area contributed by atoms with Crippen molar-refractivity contribution in [3.05, 3.63) is 36.0 Å². The molecule has 1 heterocycles. The van der Waals surface area contributed by atoms with Crippen molar-refractivity contribution in [3.8, 4) is 0 Å². The van der Waals surface area contributed by atoms with Crippen molar-refractivity contribution in [1.82, 2.24) is 5.32 Å². The molecule has 4 atom stereocenters. The number of ether oxygens (including phenoxy) is 2. The standard InChI is InChI=1S/C19H31NO4/c1-5-6-7-8-9-10-11-14(2)19-17(20-12-16(21)22)18(23-4)15(3)13-24-19/h7-11,15,17-20H,5-6,12-13H2,1-4H3,(H,21,22)/b8-7+,10-9+,14-11+/t15-,17?,18?,19?/m0/s1. The highest BCUT2D eigenvalue weighted by Crippen LogP contribution is 2.26. The summed E-state index contributed by atoms with van der Waals surface area (Å²) < 4.78 is 11.6. The van der Waals surface area contributed by atoms with E-state index in [1.807, 2.05) is 31.2 Å². The van der Waals surface area contributed by atoms with Crippen molar-refractivity contribution in [2.45, 2.75) is 51.9 Å². The van der Waals surface area contributed by atoms with Crippen LogP contribution in [0.25, 0.3) is 0 Å². The van der Waals surface area contributed by atoms with Gasteiger partial charge < -0.3 is 14.6 Å². The zero-order valence-electron chi connectivity index (χ0n) is 15.2. The summed E-state index contributed by atoms with van der Waals surface area (Å²) in [6.07, 6.45) is 12.1. The van der Waals surface area contributed by atoms with Crippen LogP contribution >= 0.6 is 0 Å². The molecule has 3 unspecified atom stereocenters. The second kappa shape index (κ2) is 11.2. The maximum absolute atomic E-state index is 10.9. The summed E-state index contributed by atoms with van der Waals surface area (Å²) in [6.45, 7) is 6.69. The average molecular weight is 337 g/mol. The van der Waals surface area contributed by atoms with Crippen molar-refractivity contribution in [3.63, 3.8) is 0 Å². The molecule has 0 amide bonds. The summed E-state index contributed by atoms with van der Waals surface area (Å²) in [5, 5.41) is 12.0. The Morgan fingerprint density at radius 2 is 2.12 bits per heavy atom. The molecule has 1 aliphatic rings. The van der Waals surface area contributed by atoms with Crippen LogP contribution in [-0.4, -0.2) is 49.6 Å². The SMILES string of the molecule is CCC/C=C/C=C/C=C(\C)C1OC[C@H](C)C(OC)C1NCC(=O)O. The van der Waals surface area contributed by atoms with Gasteiger partial charge in [0.2, 0.25) is 0 Å². The van der Waals surface area contributed by atoms with E-state index in [1.165, 1.54) is 0 Å². The Hall–Kier alpha value is -1.43. The number of carboxylic acids is 1. The average Bonchev–Trinajstić information content (AvgIpc) is 2.55. The van der Waals surface area contributed by atoms with Crippen LogP contribution in [0.5, 0.6) is 0 Å². The first-order chi connectivity index (χ1) is 11.5. The number of carbonyl (C=O) groups is 1. The number of hydrogen-bond acceptors (Lipinski definition) is 4. The van der Waals surface area contributed by atoms with E-state index in [4.69, 9.17) is 14.6 Å². The molecule has 0 aromatic carbocycles. The van der Waals surface area contributed by atoms with E-state index in [1.54, 1.807) is 7.11 Å². The molecular formula is C19H31NO4. The lowest BCUT2D eigenvalue weighted by Gasteiger charge is -2.41. The minimum absolute atomic E-state index is 0.0834. The van der Waals surface area contributed by atoms with E-state index in [0.29, 0.717) is 6.61 Å². The van der Waals surface area contributed by atoms with Crippen LogP contribution in [0.2, 0.25) is 0 Å². The lowest BCUT2D eigenvalue weighted by Crippen LogP contribution is -2.58. The lowest BCUT2D eigenvalue weighted by atomic mass is 9.88. The van der Waals surface area contributed by atoms with Crippen LogP contribution in [0.4, 0.5) is 0 Å². The predicted molar refractivity (Wildman–Crippen MR) is 96.1 cm³/mol. The van der Waals surface area contributed by atoms with Crippen LogP contribution in [0.3, 0.4) is 0 Å². The third-order valence-corrected chi connectivity index (χ3v) is 4.16. The van der Waals surface area contributed by atoms with Crippen LogP contribution in [0, 0.1) is 5.92 Å². The van der Waals surface area contributed by atoms with Crippen molar-refractivity contribution in [1.29, 1.82) is 0 Å². The molecule has 0 saturated carbocycles. The summed E-state index contributed by atoms with van der Waals surface area (Å²) in [4.78, 5) is 10.9. The van der Waals surface area contributed by atoms with E-state index >= 15 is 0 Å². The lowest BCUT2D eigenvalue weighted by molar-refractivity contribution is -0.138. The topological polar surface area (TPSA) is 67.8 Å². The number of aliphatic carboxylic acids is 1. The maximum Gasteiger partial charge on any atom is 0.317 e. The molecule has 24 heavy (non-hydrogen) atoms. The number of allylic oxidation sites excluding steroid dienone is 5. The highest BCUT2D eigenvalue weighted by molar-refractivity contribution is 5.69. The highest BCUT2D eigenvalue weighted by Gasteiger charge is 2.39. The van der Waals surface area contributed by atoms with Crippen molar-refractivity contribution >= 4 is 5.97 Å². The number of hydrogen-bond donors (Lipinski definition) is 2. The Labute approximate surface area is 145 Å². The molecule has 136 valence electrons. The van der Waals surface area contributed by atoms with Gasteiger partial charge in [-0.1, -0.05) is 50.6 Å². The largest absolute Gasteiger partial charge is 0.480 e. The van der Waals surface area contributed by atoms with E-state index in [0.717, 1.165) is 18.4 Å². The molecule has 2 N–H and O–H groups in total. The molecule has 0 bridgehead atoms. The van der Waals surface area contributed by atoms with Gasteiger partial charge >= 0.3 is 5.97 Å². The van der Waals surface area contributed by atoms with Gasteiger partial charge in [0.15, 0.2) is 0 Å². The van der Waals surface area contributed by atoms with Gasteiger partial charge in [0.1, 0.15) is 0 Å². The number of carboxylic acid groups (broad SMARTS) is 1. The van der Waals surface area contributed by atoms with Gasteiger partial charge in [0.05, 0.1) is 31.4 Å². The van der Waals surface area contributed by atoms with Gasteiger partial charge in [-0.2, -0.15) is 0 Å². The van der Waals surface area contributed by atoms with E-state index in [2.05, 4.69) is 25.2 Å². The fourth-order valence-corrected chi connectivity index (χ4v) is 2.91. The van der Waals surface area contributed by atoms with Crippen molar-refractivity contribution in [2.75, 3.05) is 20.3 Å². The Balaban J connectivity index is 2.80. The smallest absolute Gasteiger partial charge is 0.317 e. The third-order valence-electron chi connectivity index (χ3n) is 4.16. The molecular weight excluding hydrogens is 306 g/mol. The Morgan fingerprint density at radius 1 is 1.38 bits per heavy atom. The number of rotatable bonds is 9. The zero-order valence-corrected chi connectivity index (χ0v) is 15.2. The molecule has 1 aliphatic heterocycles. The summed E-state index contributed by atoms with van der Waals surface area (Å²) in [6, 6.07) is -0.185. The predicted octanol–water partition coefficient (Wildman–Crippen LogP) is 2.94. The third kappa shape index (κ3) is 6.59. The molecule has 1 saturated heterocycles. The summed E-state index contributed by atoms with van der Waals surface area (Å²) >= 11 is 0. The summed E-state index contributed by atoms with van der Waals surface area (Å²) in [5.74, 6) is -0.678. The molecule has 0 radical (unpaired) electrons. The Bertz CT molecular complexity index is 470. The highest BCUT2D eigenvalue weighted by atomic mass is 16.5. The van der Waals surface area contributed by atoms with E-state index < -0.39 is 5.97 Å². The molecule has 5 nitrogen and oxygen atoms in total. The van der Waals surface area contributed by atoms with Crippen LogP contribution in [0.1, 0.15) is 33.6 Å². The van der Waals surface area contributed by atoms with Gasteiger partial charge in [0.25, 0.3) is 0 Å². The number of unbranched alkanes of at least 4 members (excludes halogenated alkanes) is 1.